The maximum atomic E-state index is 15.2. The van der Waals surface area contributed by atoms with Crippen LogP contribution < -0.4 is 10.6 Å². The molecule has 234 valence electrons. The molecule has 0 bridgehead atoms. The van der Waals surface area contributed by atoms with Gasteiger partial charge in [0.05, 0.1) is 16.9 Å². The first-order valence-electron chi connectivity index (χ1n) is 14.8. The predicted molar refractivity (Wildman–Crippen MR) is 172 cm³/mol. The summed E-state index contributed by atoms with van der Waals surface area (Å²) in [4.78, 5) is 35.5. The van der Waals surface area contributed by atoms with Crippen LogP contribution in [-0.4, -0.2) is 69.5 Å². The van der Waals surface area contributed by atoms with Crippen LogP contribution in [0.4, 0.5) is 4.39 Å². The molecule has 1 saturated heterocycles. The van der Waals surface area contributed by atoms with E-state index in [1.807, 2.05) is 19.1 Å². The highest BCUT2D eigenvalue weighted by Crippen LogP contribution is 2.19. The number of amides is 2. The zero-order valence-corrected chi connectivity index (χ0v) is 25.6. The second-order valence-electron chi connectivity index (χ2n) is 10.4. The SMILES string of the molecule is C=C(/C=C(NC(=O)c1ccc2nc(CN3CCN(CC)CC3)ccc2c1)\C(F)=C/CCC)NC(=O)C(/C=C\C)=C/C(O)=C/O. The molecule has 10 heteroatoms. The number of fused-ring (bicyclic) bond motifs is 1. The number of halogens is 1. The van der Waals surface area contributed by atoms with Crippen LogP contribution in [0.1, 0.15) is 49.7 Å². The normalized spacial score (nSPS) is 16.0. The lowest BCUT2D eigenvalue weighted by atomic mass is 10.1. The zero-order valence-electron chi connectivity index (χ0n) is 25.6. The molecule has 0 aliphatic carbocycles. The number of benzene rings is 1. The Morgan fingerprint density at radius 3 is 2.45 bits per heavy atom. The number of aliphatic hydroxyl groups is 2. The smallest absolute Gasteiger partial charge is 0.255 e. The molecule has 0 unspecified atom stereocenters. The molecule has 9 nitrogen and oxygen atoms in total. The molecule has 3 rings (SSSR count). The van der Waals surface area contributed by atoms with E-state index in [0.29, 0.717) is 24.7 Å². The number of rotatable bonds is 13. The molecular weight excluding hydrogens is 561 g/mol. The highest BCUT2D eigenvalue weighted by molar-refractivity contribution is 5.99. The minimum absolute atomic E-state index is 0.000400. The molecule has 1 aromatic carbocycles. The number of aromatic nitrogens is 1. The number of carbonyl (C=O) groups is 2. The van der Waals surface area contributed by atoms with Crippen LogP contribution in [0.3, 0.4) is 0 Å². The first kappa shape index (κ1) is 34.0. The van der Waals surface area contributed by atoms with Crippen LogP contribution in [0.5, 0.6) is 0 Å². The van der Waals surface area contributed by atoms with Gasteiger partial charge < -0.3 is 25.7 Å². The third kappa shape index (κ3) is 10.0. The average Bonchev–Trinajstić information content (AvgIpc) is 3.02. The van der Waals surface area contributed by atoms with Gasteiger partial charge in [-0.3, -0.25) is 19.5 Å². The molecule has 2 amide bonds. The van der Waals surface area contributed by atoms with E-state index in [9.17, 15) is 14.7 Å². The summed E-state index contributed by atoms with van der Waals surface area (Å²) in [6, 6.07) is 9.03. The molecule has 1 aromatic heterocycles. The van der Waals surface area contributed by atoms with Crippen LogP contribution >= 0.6 is 0 Å². The Balaban J connectivity index is 1.77. The van der Waals surface area contributed by atoms with Gasteiger partial charge in [0.15, 0.2) is 0 Å². The van der Waals surface area contributed by atoms with Crippen molar-refractivity contribution in [2.75, 3.05) is 32.7 Å². The number of hydrogen-bond donors (Lipinski definition) is 4. The molecule has 0 saturated carbocycles. The molecule has 1 fully saturated rings. The van der Waals surface area contributed by atoms with Crippen LogP contribution in [0, 0.1) is 0 Å². The molecule has 1 aliphatic heterocycles. The summed E-state index contributed by atoms with van der Waals surface area (Å²) in [5.74, 6) is -2.40. The molecule has 0 atom stereocenters. The van der Waals surface area contributed by atoms with Crippen molar-refractivity contribution in [2.24, 2.45) is 0 Å². The fourth-order valence-electron chi connectivity index (χ4n) is 4.62. The number of allylic oxidation sites excluding steroid dienone is 5. The molecule has 4 N–H and O–H groups in total. The number of nitrogens with one attached hydrogen (secondary N) is 2. The summed E-state index contributed by atoms with van der Waals surface area (Å²) in [5, 5.41) is 24.4. The van der Waals surface area contributed by atoms with Gasteiger partial charge in [-0.15, -0.1) is 0 Å². The largest absolute Gasteiger partial charge is 0.512 e. The Bertz CT molecular complexity index is 1500. The van der Waals surface area contributed by atoms with Crippen molar-refractivity contribution in [3.05, 3.63) is 113 Å². The van der Waals surface area contributed by atoms with Crippen molar-refractivity contribution in [3.8, 4) is 0 Å². The summed E-state index contributed by atoms with van der Waals surface area (Å²) >= 11 is 0. The van der Waals surface area contributed by atoms with E-state index in [-0.39, 0.29) is 17.0 Å². The predicted octanol–water partition coefficient (Wildman–Crippen LogP) is 5.73. The minimum Gasteiger partial charge on any atom is -0.512 e. The second-order valence-corrected chi connectivity index (χ2v) is 10.4. The van der Waals surface area contributed by atoms with Crippen LogP contribution in [0.25, 0.3) is 10.9 Å². The van der Waals surface area contributed by atoms with Gasteiger partial charge >= 0.3 is 0 Å². The summed E-state index contributed by atoms with van der Waals surface area (Å²) in [7, 11) is 0. The maximum absolute atomic E-state index is 15.2. The van der Waals surface area contributed by atoms with E-state index in [0.717, 1.165) is 61.9 Å². The highest BCUT2D eigenvalue weighted by Gasteiger charge is 2.17. The number of pyridine rings is 1. The Kier molecular flexibility index (Phi) is 13.1. The summed E-state index contributed by atoms with van der Waals surface area (Å²) in [6.07, 6.45) is 8.21. The van der Waals surface area contributed by atoms with Gasteiger partial charge in [-0.05, 0) is 62.4 Å². The molecule has 1 aliphatic rings. The van der Waals surface area contributed by atoms with Crippen LogP contribution in [0.15, 0.2) is 102 Å². The quantitative estimate of drug-likeness (QED) is 0.131. The first-order chi connectivity index (χ1) is 21.2. The van der Waals surface area contributed by atoms with E-state index in [4.69, 9.17) is 10.1 Å². The van der Waals surface area contributed by atoms with Crippen molar-refractivity contribution in [1.29, 1.82) is 0 Å². The number of aliphatic hydroxyl groups excluding tert-OH is 2. The molecule has 2 heterocycles. The molecule has 44 heavy (non-hydrogen) atoms. The number of carbonyl (C=O) groups excluding carboxylic acids is 2. The Morgan fingerprint density at radius 1 is 1.07 bits per heavy atom. The van der Waals surface area contributed by atoms with E-state index in [2.05, 4.69) is 33.9 Å². The Hall–Kier alpha value is -4.54. The molecule has 0 spiro atoms. The van der Waals surface area contributed by atoms with Gasteiger partial charge in [0.1, 0.15) is 17.8 Å². The fourth-order valence-corrected chi connectivity index (χ4v) is 4.62. The molecule has 2 aromatic rings. The third-order valence-electron chi connectivity index (χ3n) is 7.06. The van der Waals surface area contributed by atoms with E-state index in [1.165, 1.54) is 18.2 Å². The lowest BCUT2D eigenvalue weighted by Gasteiger charge is -2.33. The first-order valence-corrected chi connectivity index (χ1v) is 14.8. The van der Waals surface area contributed by atoms with Crippen LogP contribution in [0.2, 0.25) is 0 Å². The van der Waals surface area contributed by atoms with Crippen molar-refractivity contribution in [2.45, 2.75) is 40.2 Å². The average molecular weight is 604 g/mol. The number of piperazine rings is 1. The van der Waals surface area contributed by atoms with E-state index < -0.39 is 23.4 Å². The zero-order chi connectivity index (χ0) is 32.1. The summed E-state index contributed by atoms with van der Waals surface area (Å²) in [5.41, 5.74) is 1.89. The lowest BCUT2D eigenvalue weighted by Crippen LogP contribution is -2.45. The molecular formula is C34H42FN5O4. The number of hydrogen-bond acceptors (Lipinski definition) is 7. The van der Waals surface area contributed by atoms with E-state index >= 15 is 4.39 Å². The lowest BCUT2D eigenvalue weighted by molar-refractivity contribution is -0.116. The minimum atomic E-state index is -0.674. The van der Waals surface area contributed by atoms with Crippen molar-refractivity contribution >= 4 is 22.7 Å². The fraction of sp³-hybridized carbons (Fsp3) is 0.324. The van der Waals surface area contributed by atoms with E-state index in [1.54, 1.807) is 31.2 Å². The number of likely N-dealkylation sites (N-methyl/N-ethyl adjacent to an activating group) is 1. The van der Waals surface area contributed by atoms with Crippen molar-refractivity contribution in [3.63, 3.8) is 0 Å². The highest BCUT2D eigenvalue weighted by atomic mass is 19.1. The summed E-state index contributed by atoms with van der Waals surface area (Å²) in [6.45, 7) is 15.5. The Labute approximate surface area is 258 Å². The van der Waals surface area contributed by atoms with Gasteiger partial charge in [0.25, 0.3) is 11.8 Å². The Morgan fingerprint density at radius 2 is 1.80 bits per heavy atom. The standard InChI is InChI=1S/C34H42FN5O4/c1-5-8-10-30(35)32(19-24(4)36-33(43)26(9-6-2)21-29(42)23-41)38-34(44)27-12-14-31-25(20-27)11-13-28(37-31)22-40-17-15-39(7-3)16-18-40/h6,9-14,19-21,23,41-42H,4-5,7-8,15-18,22H2,1-3H3,(H,36,43)(H,38,44)/b9-6-,26-21+,29-23-,30-10+,32-19+. The second kappa shape index (κ2) is 16.9. The molecule has 0 radical (unpaired) electrons. The topological polar surface area (TPSA) is 118 Å². The number of nitrogens with zero attached hydrogens (tertiary/aromatic N) is 3. The monoisotopic (exact) mass is 603 g/mol. The van der Waals surface area contributed by atoms with Crippen molar-refractivity contribution < 1.29 is 24.2 Å². The third-order valence-corrected chi connectivity index (χ3v) is 7.06. The van der Waals surface area contributed by atoms with Gasteiger partial charge in [-0.25, -0.2) is 4.39 Å². The number of unbranched alkanes of at least 4 members (excludes halogenated alkanes) is 1. The van der Waals surface area contributed by atoms with Gasteiger partial charge in [0.2, 0.25) is 0 Å². The maximum Gasteiger partial charge on any atom is 0.255 e. The van der Waals surface area contributed by atoms with Crippen LogP contribution in [-0.2, 0) is 11.3 Å². The van der Waals surface area contributed by atoms with Gasteiger partial charge in [-0.1, -0.05) is 45.1 Å². The van der Waals surface area contributed by atoms with Gasteiger partial charge in [0, 0.05) is 54.9 Å². The van der Waals surface area contributed by atoms with Gasteiger partial charge in [-0.2, -0.15) is 0 Å². The van der Waals surface area contributed by atoms with Crippen molar-refractivity contribution in [1.82, 2.24) is 25.4 Å². The summed E-state index contributed by atoms with van der Waals surface area (Å²) < 4.78 is 15.2.